The van der Waals surface area contributed by atoms with Gasteiger partial charge in [-0.1, -0.05) is 48.5 Å². The van der Waals surface area contributed by atoms with Crippen molar-refractivity contribution in [3.8, 4) is 0 Å². The fraction of sp³-hybridized carbons (Fsp3) is 0.231. The minimum absolute atomic E-state index is 0.0212. The van der Waals surface area contributed by atoms with Crippen molar-refractivity contribution in [1.82, 2.24) is 10.2 Å². The average Bonchev–Trinajstić information content (AvgIpc) is 2.85. The zero-order chi connectivity index (χ0) is 26.3. The first-order chi connectivity index (χ1) is 17.1. The van der Waals surface area contributed by atoms with E-state index in [-0.39, 0.29) is 18.7 Å². The number of carbonyl (C=O) groups is 2. The summed E-state index contributed by atoms with van der Waals surface area (Å²) >= 11 is 0. The minimum atomic E-state index is -3.98. The van der Waals surface area contributed by atoms with Gasteiger partial charge in [-0.2, -0.15) is 0 Å². The highest BCUT2D eigenvalue weighted by atomic mass is 32.2. The van der Waals surface area contributed by atoms with E-state index in [0.29, 0.717) is 5.56 Å². The second kappa shape index (κ2) is 11.8. The van der Waals surface area contributed by atoms with Gasteiger partial charge in [-0.15, -0.1) is 0 Å². The quantitative estimate of drug-likeness (QED) is 0.450. The Labute approximate surface area is 209 Å². The fourth-order valence-electron chi connectivity index (χ4n) is 3.75. The number of hydrogen-bond acceptors (Lipinski definition) is 4. The van der Waals surface area contributed by atoms with Gasteiger partial charge in [0.2, 0.25) is 21.8 Å². The third-order valence-electron chi connectivity index (χ3n) is 5.56. The van der Waals surface area contributed by atoms with Crippen molar-refractivity contribution in [1.29, 1.82) is 0 Å². The predicted molar refractivity (Wildman–Crippen MR) is 134 cm³/mol. The zero-order valence-corrected chi connectivity index (χ0v) is 20.7. The van der Waals surface area contributed by atoms with E-state index in [1.54, 1.807) is 12.1 Å². The second-order valence-electron chi connectivity index (χ2n) is 8.22. The largest absolute Gasteiger partial charge is 0.357 e. The van der Waals surface area contributed by atoms with E-state index in [1.807, 2.05) is 18.2 Å². The summed E-state index contributed by atoms with van der Waals surface area (Å²) in [5.74, 6) is -2.26. The van der Waals surface area contributed by atoms with Crippen LogP contribution in [0, 0.1) is 11.6 Å². The van der Waals surface area contributed by atoms with Crippen molar-refractivity contribution < 1.29 is 26.8 Å². The van der Waals surface area contributed by atoms with Crippen LogP contribution in [-0.4, -0.2) is 51.0 Å². The highest BCUT2D eigenvalue weighted by Crippen LogP contribution is 2.21. The number of benzene rings is 3. The van der Waals surface area contributed by atoms with Gasteiger partial charge in [-0.25, -0.2) is 17.2 Å². The molecule has 0 fully saturated rings. The van der Waals surface area contributed by atoms with Gasteiger partial charge in [0.1, 0.15) is 24.2 Å². The molecule has 3 rings (SSSR count). The lowest BCUT2D eigenvalue weighted by Crippen LogP contribution is -2.52. The number of nitrogens with one attached hydrogen (secondary N) is 1. The molecule has 0 aliphatic carbocycles. The monoisotopic (exact) mass is 515 g/mol. The van der Waals surface area contributed by atoms with Crippen LogP contribution in [0.5, 0.6) is 0 Å². The zero-order valence-electron chi connectivity index (χ0n) is 19.9. The van der Waals surface area contributed by atoms with Crippen molar-refractivity contribution in [2.24, 2.45) is 0 Å². The summed E-state index contributed by atoms with van der Waals surface area (Å²) < 4.78 is 53.3. The van der Waals surface area contributed by atoms with Crippen molar-refractivity contribution in [3.05, 3.63) is 102 Å². The van der Waals surface area contributed by atoms with Crippen LogP contribution in [-0.2, 0) is 32.6 Å². The van der Waals surface area contributed by atoms with Gasteiger partial charge >= 0.3 is 0 Å². The van der Waals surface area contributed by atoms with E-state index < -0.39 is 46.1 Å². The van der Waals surface area contributed by atoms with E-state index in [9.17, 15) is 26.8 Å². The maximum atomic E-state index is 13.9. The second-order valence-corrected chi connectivity index (χ2v) is 10.1. The summed E-state index contributed by atoms with van der Waals surface area (Å²) in [7, 11) is -2.54. The number of hydrogen-bond donors (Lipinski definition) is 1. The molecular formula is C26H27F2N3O4S. The van der Waals surface area contributed by atoms with Gasteiger partial charge in [0.25, 0.3) is 0 Å². The van der Waals surface area contributed by atoms with E-state index >= 15 is 0 Å². The molecule has 0 radical (unpaired) electrons. The molecule has 10 heteroatoms. The lowest BCUT2D eigenvalue weighted by molar-refractivity contribution is -0.139. The lowest BCUT2D eigenvalue weighted by atomic mass is 10.0. The first kappa shape index (κ1) is 26.8. The van der Waals surface area contributed by atoms with Gasteiger partial charge in [0.15, 0.2) is 0 Å². The van der Waals surface area contributed by atoms with E-state index in [2.05, 4.69) is 5.32 Å². The third kappa shape index (κ3) is 7.11. The summed E-state index contributed by atoms with van der Waals surface area (Å²) in [6.07, 6.45) is 1.07. The van der Waals surface area contributed by atoms with Crippen molar-refractivity contribution in [3.63, 3.8) is 0 Å². The van der Waals surface area contributed by atoms with Crippen LogP contribution in [0.2, 0.25) is 0 Å². The molecule has 3 aromatic carbocycles. The molecule has 0 saturated heterocycles. The molecule has 2 amide bonds. The van der Waals surface area contributed by atoms with E-state index in [1.165, 1.54) is 48.3 Å². The minimum Gasteiger partial charge on any atom is -0.357 e. The lowest BCUT2D eigenvalue weighted by Gasteiger charge is -2.33. The number of nitrogens with zero attached hydrogens (tertiary/aromatic N) is 2. The molecule has 0 bridgehead atoms. The number of amides is 2. The highest BCUT2D eigenvalue weighted by Gasteiger charge is 2.32. The summed E-state index contributed by atoms with van der Waals surface area (Å²) in [4.78, 5) is 27.9. The van der Waals surface area contributed by atoms with Gasteiger partial charge in [0.05, 0.1) is 11.9 Å². The molecule has 7 nitrogen and oxygen atoms in total. The molecular weight excluding hydrogens is 488 g/mol. The number of anilines is 1. The molecule has 0 aliphatic rings. The molecule has 0 saturated carbocycles. The van der Waals surface area contributed by atoms with Gasteiger partial charge in [-0.3, -0.25) is 13.9 Å². The highest BCUT2D eigenvalue weighted by molar-refractivity contribution is 7.92. The number of likely N-dealkylation sites (N-methyl/N-ethyl adjacent to an activating group) is 1. The van der Waals surface area contributed by atoms with Gasteiger partial charge in [-0.05, 0) is 41.5 Å². The van der Waals surface area contributed by atoms with Gasteiger partial charge < -0.3 is 10.2 Å². The standard InChI is InChI=1S/C26H27F2N3O4S/c1-29-26(33)24(15-19-7-4-3-5-8-19)30(17-20-11-13-21(27)14-12-20)25(32)18-31(36(2,34)35)23-10-6-9-22(28)16-23/h3-14,16,24H,15,17-18H2,1-2H3,(H,29,33). The summed E-state index contributed by atoms with van der Waals surface area (Å²) in [5.41, 5.74) is 1.31. The number of sulfonamides is 1. The van der Waals surface area contributed by atoms with Crippen molar-refractivity contribution in [2.75, 3.05) is 24.2 Å². The Balaban J connectivity index is 2.01. The average molecular weight is 516 g/mol. The smallest absolute Gasteiger partial charge is 0.244 e. The number of halogens is 2. The molecule has 3 aromatic rings. The molecule has 0 aromatic heterocycles. The van der Waals surface area contributed by atoms with E-state index in [4.69, 9.17) is 0 Å². The van der Waals surface area contributed by atoms with E-state index in [0.717, 1.165) is 28.3 Å². The Hall–Kier alpha value is -3.79. The van der Waals surface area contributed by atoms with Crippen LogP contribution < -0.4 is 9.62 Å². The van der Waals surface area contributed by atoms with Crippen LogP contribution in [0.15, 0.2) is 78.9 Å². The first-order valence-corrected chi connectivity index (χ1v) is 13.0. The van der Waals surface area contributed by atoms with Gasteiger partial charge in [0, 0.05) is 20.0 Å². The Morgan fingerprint density at radius 3 is 2.14 bits per heavy atom. The summed E-state index contributed by atoms with van der Waals surface area (Å²) in [6.45, 7) is -0.740. The maximum Gasteiger partial charge on any atom is 0.244 e. The Bertz CT molecular complexity index is 1300. The maximum absolute atomic E-state index is 13.9. The Morgan fingerprint density at radius 2 is 1.56 bits per heavy atom. The molecule has 1 unspecified atom stereocenters. The Kier molecular flexibility index (Phi) is 8.76. The molecule has 0 heterocycles. The van der Waals surface area contributed by atoms with Crippen molar-refractivity contribution in [2.45, 2.75) is 19.0 Å². The third-order valence-corrected chi connectivity index (χ3v) is 6.70. The van der Waals surface area contributed by atoms with Crippen LogP contribution in [0.3, 0.4) is 0 Å². The predicted octanol–water partition coefficient (Wildman–Crippen LogP) is 3.12. The van der Waals surface area contributed by atoms with Crippen LogP contribution in [0.1, 0.15) is 11.1 Å². The molecule has 0 spiro atoms. The number of carbonyl (C=O) groups excluding carboxylic acids is 2. The van der Waals surface area contributed by atoms with Crippen LogP contribution in [0.25, 0.3) is 0 Å². The van der Waals surface area contributed by atoms with Crippen molar-refractivity contribution >= 4 is 27.5 Å². The SMILES string of the molecule is CNC(=O)C(Cc1ccccc1)N(Cc1ccc(F)cc1)C(=O)CN(c1cccc(F)c1)S(C)(=O)=O. The molecule has 190 valence electrons. The molecule has 0 aliphatic heterocycles. The molecule has 36 heavy (non-hydrogen) atoms. The molecule has 1 N–H and O–H groups in total. The first-order valence-electron chi connectivity index (χ1n) is 11.1. The number of rotatable bonds is 10. The van der Waals surface area contributed by atoms with Crippen LogP contribution in [0.4, 0.5) is 14.5 Å². The normalized spacial score (nSPS) is 12.0. The fourth-order valence-corrected chi connectivity index (χ4v) is 4.59. The summed E-state index contributed by atoms with van der Waals surface area (Å²) in [6, 6.07) is 18.4. The summed E-state index contributed by atoms with van der Waals surface area (Å²) in [5, 5.41) is 2.56. The molecule has 1 atom stereocenters. The Morgan fingerprint density at radius 1 is 0.889 bits per heavy atom. The van der Waals surface area contributed by atoms with Crippen LogP contribution >= 0.6 is 0 Å². The topological polar surface area (TPSA) is 86.8 Å².